The molecular formula is C70H42F12N4. The van der Waals surface area contributed by atoms with E-state index in [0.29, 0.717) is 101 Å². The molecule has 0 atom stereocenters. The van der Waals surface area contributed by atoms with Gasteiger partial charge in [-0.1, -0.05) is 71.8 Å². The fraction of sp³-hybridized carbons (Fsp3) is 0.114. The molecule has 12 rings (SSSR count). The van der Waals surface area contributed by atoms with Gasteiger partial charge in [0, 0.05) is 32.9 Å². The smallest absolute Gasteiger partial charge is 0.309 e. The van der Waals surface area contributed by atoms with E-state index in [1.54, 1.807) is 84.3 Å². The van der Waals surface area contributed by atoms with Crippen molar-refractivity contribution in [1.82, 2.24) is 9.13 Å². The van der Waals surface area contributed by atoms with Crippen LogP contribution in [0.4, 0.5) is 58.4 Å². The molecule has 0 radical (unpaired) electrons. The minimum absolute atomic E-state index is 0.0264. The summed E-state index contributed by atoms with van der Waals surface area (Å²) in [7, 11) is 0. The van der Waals surface area contributed by atoms with E-state index in [9.17, 15) is 57.9 Å². The van der Waals surface area contributed by atoms with Crippen LogP contribution in [-0.4, -0.2) is 9.13 Å². The zero-order valence-electron chi connectivity index (χ0n) is 45.6. The van der Waals surface area contributed by atoms with Crippen LogP contribution in [0.15, 0.2) is 182 Å². The summed E-state index contributed by atoms with van der Waals surface area (Å²) in [6, 6.07) is 47.7. The normalized spacial score (nSPS) is 12.4. The van der Waals surface area contributed by atoms with Crippen molar-refractivity contribution in [3.63, 3.8) is 0 Å². The van der Waals surface area contributed by atoms with Gasteiger partial charge in [-0.25, -0.2) is 4.85 Å². The monoisotopic (exact) mass is 1170 g/mol. The fourth-order valence-electron chi connectivity index (χ4n) is 11.8. The number of benzene rings is 10. The maximum Gasteiger partial charge on any atom is 0.416 e. The van der Waals surface area contributed by atoms with Gasteiger partial charge < -0.3 is 9.13 Å². The van der Waals surface area contributed by atoms with E-state index >= 15 is 0 Å². The predicted molar refractivity (Wildman–Crippen MR) is 312 cm³/mol. The summed E-state index contributed by atoms with van der Waals surface area (Å²) in [6.07, 6.45) is -19.6. The summed E-state index contributed by atoms with van der Waals surface area (Å²) in [4.78, 5) is 3.86. The third-order valence-corrected chi connectivity index (χ3v) is 15.5. The number of fused-ring (bicyclic) bond motifs is 6. The Hall–Kier alpha value is -10.1. The van der Waals surface area contributed by atoms with E-state index in [1.807, 2.05) is 48.7 Å². The Kier molecular flexibility index (Phi) is 13.3. The van der Waals surface area contributed by atoms with E-state index in [1.165, 1.54) is 25.1 Å². The molecule has 0 saturated carbocycles. The van der Waals surface area contributed by atoms with Crippen molar-refractivity contribution >= 4 is 49.3 Å². The highest BCUT2D eigenvalue weighted by molar-refractivity contribution is 6.13. The van der Waals surface area contributed by atoms with Crippen LogP contribution in [-0.2, 0) is 24.7 Å². The maximum absolute atomic E-state index is 14.2. The second-order valence-electron chi connectivity index (χ2n) is 21.6. The van der Waals surface area contributed by atoms with Crippen LogP contribution >= 0.6 is 0 Å². The molecular weight excluding hydrogens is 1120 g/mol. The van der Waals surface area contributed by atoms with E-state index < -0.39 is 52.5 Å². The topological polar surface area (TPSA) is 38.0 Å². The molecule has 0 aliphatic carbocycles. The number of nitrogens with zero attached hydrogens (tertiary/aromatic N) is 4. The van der Waals surface area contributed by atoms with Crippen molar-refractivity contribution in [2.24, 2.45) is 0 Å². The Morgan fingerprint density at radius 1 is 0.337 bits per heavy atom. The SMILES string of the molecule is [C-]#[N+]c1ccc(-n2c3ccc(-c4cc(C)cc(C(F)(F)F)c4)cc3c3cc(-c4cc(C(F)(F)F)cc(C(F)(F)F)c4)ccc32)cc1-c1cc(-n2c3ccc(-c4cc(C)cc(C)c4)cc3c3cc(-c4cc(C)cc(C(F)(F)F)c4)ccc32)ccc1C#N. The first kappa shape index (κ1) is 56.4. The van der Waals surface area contributed by atoms with E-state index in [-0.39, 0.29) is 28.4 Å². The third kappa shape index (κ3) is 10.2. The summed E-state index contributed by atoms with van der Waals surface area (Å²) < 4.78 is 174. The predicted octanol–water partition coefficient (Wildman–Crippen LogP) is 21.9. The highest BCUT2D eigenvalue weighted by atomic mass is 19.4. The van der Waals surface area contributed by atoms with Crippen LogP contribution in [0.1, 0.15) is 50.1 Å². The van der Waals surface area contributed by atoms with Gasteiger partial charge in [0.25, 0.3) is 0 Å². The van der Waals surface area contributed by atoms with Crippen molar-refractivity contribution in [3.05, 3.63) is 243 Å². The summed E-state index contributed by atoms with van der Waals surface area (Å²) in [5.41, 5.74) is 4.92. The molecule has 86 heavy (non-hydrogen) atoms. The van der Waals surface area contributed by atoms with Gasteiger partial charge in [0.1, 0.15) is 0 Å². The molecule has 0 spiro atoms. The first-order valence-corrected chi connectivity index (χ1v) is 26.6. The summed E-state index contributed by atoms with van der Waals surface area (Å²) in [6.45, 7) is 15.5. The Bertz CT molecular complexity index is 4850. The zero-order valence-corrected chi connectivity index (χ0v) is 45.6. The van der Waals surface area contributed by atoms with Gasteiger partial charge >= 0.3 is 24.7 Å². The first-order valence-electron chi connectivity index (χ1n) is 26.6. The average molecular weight is 1170 g/mol. The van der Waals surface area contributed by atoms with E-state index in [4.69, 9.17) is 6.57 Å². The molecule has 0 aliphatic heterocycles. The molecule has 16 heteroatoms. The molecule has 4 nitrogen and oxygen atoms in total. The average Bonchev–Trinajstić information content (AvgIpc) is 1.63. The second-order valence-corrected chi connectivity index (χ2v) is 21.6. The molecule has 426 valence electrons. The van der Waals surface area contributed by atoms with Crippen molar-refractivity contribution in [3.8, 4) is 73.1 Å². The van der Waals surface area contributed by atoms with E-state index in [0.717, 1.165) is 51.9 Å². The molecule has 0 bridgehead atoms. The number of halogens is 12. The highest BCUT2D eigenvalue weighted by Crippen LogP contribution is 2.46. The highest BCUT2D eigenvalue weighted by Gasteiger charge is 2.38. The molecule has 12 aromatic rings. The standard InChI is InChI=1S/C70H42F12N4/c1-37-18-38(2)20-46(19-37)41-7-14-63-58(29-41)59-30-42(47-21-39(3)23-50(25-47)67(71,72)73)8-15-64(59)85(63)54-11-6-45(36-83)56(34-54)57-35-55(12-13-62(57)84-5)86-65-16-9-43(48-22-40(4)24-51(26-48)68(74,75)76)31-60(65)61-32-44(10-17-66(61)86)49-27-52(69(77,78)79)33-53(28-49)70(80,81)82/h6-35H,1-4H3. The number of hydrogen-bond donors (Lipinski definition) is 0. The minimum Gasteiger partial charge on any atom is -0.309 e. The number of alkyl halides is 12. The van der Waals surface area contributed by atoms with Crippen LogP contribution in [0.5, 0.6) is 0 Å². The van der Waals surface area contributed by atoms with Crippen LogP contribution in [0.3, 0.4) is 0 Å². The minimum atomic E-state index is -5.15. The lowest BCUT2D eigenvalue weighted by Crippen LogP contribution is -2.11. The van der Waals surface area contributed by atoms with Gasteiger partial charge in [-0.2, -0.15) is 57.9 Å². The largest absolute Gasteiger partial charge is 0.416 e. The number of aromatic nitrogens is 2. The van der Waals surface area contributed by atoms with Gasteiger partial charge in [0.2, 0.25) is 0 Å². The van der Waals surface area contributed by atoms with Gasteiger partial charge in [-0.3, -0.25) is 0 Å². The number of nitriles is 1. The maximum atomic E-state index is 14.2. The lowest BCUT2D eigenvalue weighted by Gasteiger charge is -2.16. The first-order chi connectivity index (χ1) is 40.6. The number of rotatable bonds is 7. The Labute approximate surface area is 483 Å². The molecule has 0 saturated heterocycles. The van der Waals surface area contributed by atoms with Crippen LogP contribution in [0.25, 0.3) is 115 Å². The molecule has 2 heterocycles. The number of aryl methyl sites for hydroxylation is 4. The van der Waals surface area contributed by atoms with Crippen LogP contribution < -0.4 is 0 Å². The zero-order chi connectivity index (χ0) is 61.1. The third-order valence-electron chi connectivity index (χ3n) is 15.5. The van der Waals surface area contributed by atoms with Crippen LogP contribution in [0, 0.1) is 45.6 Å². The van der Waals surface area contributed by atoms with Crippen LogP contribution in [0.2, 0.25) is 0 Å². The molecule has 2 aromatic heterocycles. The van der Waals surface area contributed by atoms with Gasteiger partial charge in [0.05, 0.1) is 62.5 Å². The molecule has 0 N–H and O–H groups in total. The van der Waals surface area contributed by atoms with Gasteiger partial charge in [0.15, 0.2) is 5.69 Å². The molecule has 0 amide bonds. The Morgan fingerprint density at radius 3 is 1.00 bits per heavy atom. The quantitative estimate of drug-likeness (QED) is 0.116. The fourth-order valence-corrected chi connectivity index (χ4v) is 11.8. The lowest BCUT2D eigenvalue weighted by molar-refractivity contribution is -0.143. The summed E-state index contributed by atoms with van der Waals surface area (Å²) in [5, 5.41) is 13.0. The molecule has 0 aliphatic rings. The van der Waals surface area contributed by atoms with Gasteiger partial charge in [-0.15, -0.1) is 0 Å². The Morgan fingerprint density at radius 2 is 0.651 bits per heavy atom. The molecule has 10 aromatic carbocycles. The summed E-state index contributed by atoms with van der Waals surface area (Å²) >= 11 is 0. The van der Waals surface area contributed by atoms with Crippen molar-refractivity contribution in [2.75, 3.05) is 0 Å². The lowest BCUT2D eigenvalue weighted by atomic mass is 9.96. The Balaban J connectivity index is 1.07. The van der Waals surface area contributed by atoms with E-state index in [2.05, 4.69) is 29.1 Å². The van der Waals surface area contributed by atoms with Crippen molar-refractivity contribution in [1.29, 1.82) is 5.26 Å². The molecule has 0 fully saturated rings. The van der Waals surface area contributed by atoms with Crippen molar-refractivity contribution < 1.29 is 52.7 Å². The number of hydrogen-bond acceptors (Lipinski definition) is 1. The summed E-state index contributed by atoms with van der Waals surface area (Å²) in [5.74, 6) is 0. The molecule has 0 unspecified atom stereocenters. The van der Waals surface area contributed by atoms with Crippen molar-refractivity contribution in [2.45, 2.75) is 52.4 Å². The second kappa shape index (κ2) is 20.3. The van der Waals surface area contributed by atoms with Gasteiger partial charge in [-0.05, 0) is 216 Å².